The summed E-state index contributed by atoms with van der Waals surface area (Å²) in [6.07, 6.45) is 9.49. The molecule has 0 saturated carbocycles. The molecule has 0 radical (unpaired) electrons. The molecule has 0 atom stereocenters. The lowest BCUT2D eigenvalue weighted by Crippen LogP contribution is -2.40. The lowest BCUT2D eigenvalue weighted by molar-refractivity contribution is -0.115. The minimum atomic E-state index is -0.255. The number of allylic oxidation sites excluding steroid dienone is 3. The van der Waals surface area contributed by atoms with Crippen LogP contribution in [0.1, 0.15) is 66.2 Å². The summed E-state index contributed by atoms with van der Waals surface area (Å²) in [5, 5.41) is 0. The Morgan fingerprint density at radius 3 is 2.41 bits per heavy atom. The molecule has 0 aromatic heterocycles. The van der Waals surface area contributed by atoms with E-state index in [1.165, 1.54) is 11.1 Å². The molecule has 2 aliphatic rings. The van der Waals surface area contributed by atoms with Crippen LogP contribution in [0.15, 0.2) is 71.9 Å². The first-order valence-electron chi connectivity index (χ1n) is 14.7. The van der Waals surface area contributed by atoms with Crippen molar-refractivity contribution in [3.63, 3.8) is 0 Å². The van der Waals surface area contributed by atoms with E-state index in [4.69, 9.17) is 15.5 Å². The Morgan fingerprint density at radius 1 is 1.00 bits per heavy atom. The molecule has 2 amide bonds. The van der Waals surface area contributed by atoms with Crippen LogP contribution in [-0.4, -0.2) is 55.3 Å². The number of rotatable bonds is 10. The van der Waals surface area contributed by atoms with E-state index in [0.29, 0.717) is 51.3 Å². The fraction of sp³-hybridized carbons (Fsp3) is 0.382. The van der Waals surface area contributed by atoms with Gasteiger partial charge in [0.2, 0.25) is 0 Å². The van der Waals surface area contributed by atoms with Crippen molar-refractivity contribution < 1.29 is 14.3 Å². The van der Waals surface area contributed by atoms with Gasteiger partial charge in [-0.05, 0) is 78.8 Å². The highest BCUT2D eigenvalue weighted by molar-refractivity contribution is 6.11. The quantitative estimate of drug-likeness (QED) is 0.239. The SMILES string of the molecule is C=C\C=C(/N=C(\C=C(/N)C(=O)N1CCc2cc(C(=O)N3CCOCC3)ccc21)CCC)c1ccc(CC)c(CC)c1. The van der Waals surface area contributed by atoms with Gasteiger partial charge in [-0.3, -0.25) is 14.6 Å². The molecule has 0 aliphatic carbocycles. The van der Waals surface area contributed by atoms with E-state index in [9.17, 15) is 9.59 Å². The molecular formula is C34H42N4O3. The van der Waals surface area contributed by atoms with Gasteiger partial charge in [-0.25, -0.2) is 0 Å². The van der Waals surface area contributed by atoms with Crippen molar-refractivity contribution in [1.29, 1.82) is 0 Å². The predicted molar refractivity (Wildman–Crippen MR) is 167 cm³/mol. The monoisotopic (exact) mass is 554 g/mol. The van der Waals surface area contributed by atoms with Gasteiger partial charge < -0.3 is 20.3 Å². The number of morpholine rings is 1. The summed E-state index contributed by atoms with van der Waals surface area (Å²) in [5.74, 6) is -0.255. The number of ether oxygens (including phenoxy) is 1. The third kappa shape index (κ3) is 7.03. The van der Waals surface area contributed by atoms with Crippen LogP contribution in [0, 0.1) is 0 Å². The molecule has 0 bridgehead atoms. The number of carbonyl (C=O) groups excluding carboxylic acids is 2. The maximum absolute atomic E-state index is 13.5. The van der Waals surface area contributed by atoms with Gasteiger partial charge >= 0.3 is 0 Å². The van der Waals surface area contributed by atoms with Gasteiger partial charge in [-0.15, -0.1) is 0 Å². The van der Waals surface area contributed by atoms with Gasteiger partial charge in [0, 0.05) is 42.2 Å². The van der Waals surface area contributed by atoms with Crippen molar-refractivity contribution in [2.24, 2.45) is 10.7 Å². The Labute approximate surface area is 244 Å². The number of hydrogen-bond donors (Lipinski definition) is 1. The van der Waals surface area contributed by atoms with E-state index in [1.54, 1.807) is 23.1 Å². The summed E-state index contributed by atoms with van der Waals surface area (Å²) < 4.78 is 5.37. The van der Waals surface area contributed by atoms with Gasteiger partial charge in [0.05, 0.1) is 24.6 Å². The van der Waals surface area contributed by atoms with Crippen molar-refractivity contribution >= 4 is 28.9 Å². The van der Waals surface area contributed by atoms with E-state index in [1.807, 2.05) is 23.1 Å². The maximum Gasteiger partial charge on any atom is 0.274 e. The van der Waals surface area contributed by atoms with Crippen LogP contribution in [0.4, 0.5) is 5.69 Å². The van der Waals surface area contributed by atoms with E-state index in [2.05, 4.69) is 45.5 Å². The Balaban J connectivity index is 1.57. The third-order valence-corrected chi connectivity index (χ3v) is 7.64. The number of carbonyl (C=O) groups is 2. The number of fused-ring (bicyclic) bond motifs is 1. The molecule has 2 heterocycles. The van der Waals surface area contributed by atoms with E-state index < -0.39 is 0 Å². The van der Waals surface area contributed by atoms with Crippen LogP contribution < -0.4 is 10.6 Å². The molecule has 4 rings (SSSR count). The van der Waals surface area contributed by atoms with Crippen molar-refractivity contribution in [3.8, 4) is 0 Å². The highest BCUT2D eigenvalue weighted by Crippen LogP contribution is 2.30. The molecule has 2 N–H and O–H groups in total. The first-order valence-corrected chi connectivity index (χ1v) is 14.7. The molecule has 2 aromatic carbocycles. The normalized spacial score (nSPS) is 16.1. The lowest BCUT2D eigenvalue weighted by atomic mass is 9.98. The van der Waals surface area contributed by atoms with Crippen molar-refractivity contribution in [1.82, 2.24) is 4.90 Å². The summed E-state index contributed by atoms with van der Waals surface area (Å²) >= 11 is 0. The molecule has 1 fully saturated rings. The summed E-state index contributed by atoms with van der Waals surface area (Å²) in [7, 11) is 0. The Bertz CT molecular complexity index is 1380. The molecule has 216 valence electrons. The second-order valence-corrected chi connectivity index (χ2v) is 10.4. The topological polar surface area (TPSA) is 88.2 Å². The predicted octanol–water partition coefficient (Wildman–Crippen LogP) is 5.48. The number of hydrogen-bond acceptors (Lipinski definition) is 5. The summed E-state index contributed by atoms with van der Waals surface area (Å²) in [4.78, 5) is 34.9. The number of anilines is 1. The van der Waals surface area contributed by atoms with E-state index >= 15 is 0 Å². The van der Waals surface area contributed by atoms with Gasteiger partial charge in [-0.2, -0.15) is 0 Å². The van der Waals surface area contributed by atoms with Crippen molar-refractivity contribution in [3.05, 3.63) is 94.7 Å². The number of benzene rings is 2. The zero-order chi connectivity index (χ0) is 29.4. The molecule has 41 heavy (non-hydrogen) atoms. The molecule has 0 spiro atoms. The number of aryl methyl sites for hydroxylation is 2. The molecule has 2 aromatic rings. The Kier molecular flexibility index (Phi) is 10.3. The van der Waals surface area contributed by atoms with Gasteiger partial charge in [-0.1, -0.05) is 52.0 Å². The minimum absolute atomic E-state index is 0.000482. The fourth-order valence-corrected chi connectivity index (χ4v) is 5.43. The van der Waals surface area contributed by atoms with Crippen molar-refractivity contribution in [2.45, 2.75) is 52.9 Å². The second-order valence-electron chi connectivity index (χ2n) is 10.4. The zero-order valence-corrected chi connectivity index (χ0v) is 24.6. The number of nitrogens with two attached hydrogens (primary N) is 1. The first kappa shape index (κ1) is 30.0. The average molecular weight is 555 g/mol. The Morgan fingerprint density at radius 2 is 1.73 bits per heavy atom. The van der Waals surface area contributed by atoms with Gasteiger partial charge in [0.25, 0.3) is 11.8 Å². The van der Waals surface area contributed by atoms with E-state index in [0.717, 1.165) is 47.5 Å². The minimum Gasteiger partial charge on any atom is -0.394 e. The lowest BCUT2D eigenvalue weighted by Gasteiger charge is -2.27. The molecule has 7 heteroatoms. The highest BCUT2D eigenvalue weighted by atomic mass is 16.5. The first-order chi connectivity index (χ1) is 19.9. The zero-order valence-electron chi connectivity index (χ0n) is 24.6. The van der Waals surface area contributed by atoms with Crippen LogP contribution in [-0.2, 0) is 28.8 Å². The molecule has 2 aliphatic heterocycles. The van der Waals surface area contributed by atoms with Crippen LogP contribution in [0.25, 0.3) is 5.70 Å². The van der Waals surface area contributed by atoms with Crippen molar-refractivity contribution in [2.75, 3.05) is 37.7 Å². The summed E-state index contributed by atoms with van der Waals surface area (Å²) in [5.41, 5.74) is 14.2. The van der Waals surface area contributed by atoms with Crippen LogP contribution in [0.5, 0.6) is 0 Å². The van der Waals surface area contributed by atoms with Crippen LogP contribution in [0.2, 0.25) is 0 Å². The number of amides is 2. The van der Waals surface area contributed by atoms with Crippen LogP contribution in [0.3, 0.4) is 0 Å². The molecule has 0 unspecified atom stereocenters. The van der Waals surface area contributed by atoms with Gasteiger partial charge in [0.1, 0.15) is 0 Å². The standard InChI is InChI=1S/C34H42N4O3/c1-5-9-29(36-31(10-6-2)26-12-11-24(7-3)25(8-4)21-26)23-30(35)34(40)38-16-15-27-22-28(13-14-32(27)38)33(39)37-17-19-41-20-18-37/h6,10-14,21-23H,2,5,7-9,15-20,35H2,1,3-4H3/b30-23-,31-10-,36-29-. The molecule has 7 nitrogen and oxygen atoms in total. The smallest absolute Gasteiger partial charge is 0.274 e. The summed E-state index contributed by atoms with van der Waals surface area (Å²) in [6, 6.07) is 12.0. The molecule has 1 saturated heterocycles. The Hall–Kier alpha value is -3.97. The number of aliphatic imine (C=N–C) groups is 1. The second kappa shape index (κ2) is 14.1. The number of nitrogens with zero attached hydrogens (tertiary/aromatic N) is 3. The maximum atomic E-state index is 13.5. The summed E-state index contributed by atoms with van der Waals surface area (Å²) in [6.45, 7) is 13.1. The van der Waals surface area contributed by atoms with Crippen LogP contribution >= 0.6 is 0 Å². The molecular weight excluding hydrogens is 512 g/mol. The average Bonchev–Trinajstić information content (AvgIpc) is 3.43. The van der Waals surface area contributed by atoms with E-state index in [-0.39, 0.29) is 17.5 Å². The highest BCUT2D eigenvalue weighted by Gasteiger charge is 2.28. The largest absolute Gasteiger partial charge is 0.394 e. The fourth-order valence-electron chi connectivity index (χ4n) is 5.43. The third-order valence-electron chi connectivity index (χ3n) is 7.64. The van der Waals surface area contributed by atoms with Gasteiger partial charge in [0.15, 0.2) is 0 Å².